The molecular formula is C10H17NO. The normalized spacial score (nSPS) is 24.4. The summed E-state index contributed by atoms with van der Waals surface area (Å²) in [5.41, 5.74) is 0. The third-order valence-electron chi connectivity index (χ3n) is 3.15. The number of carbonyl (C=O) groups excluding carboxylic acids is 1. The van der Waals surface area contributed by atoms with Crippen LogP contribution < -0.4 is 0 Å². The Morgan fingerprint density at radius 2 is 1.75 bits per heavy atom. The summed E-state index contributed by atoms with van der Waals surface area (Å²) >= 11 is 0. The lowest BCUT2D eigenvalue weighted by atomic mass is 10.1. The third-order valence-corrected chi connectivity index (χ3v) is 3.15. The molecule has 0 aliphatic heterocycles. The van der Waals surface area contributed by atoms with E-state index in [1.54, 1.807) is 0 Å². The van der Waals surface area contributed by atoms with Crippen molar-refractivity contribution in [3.05, 3.63) is 0 Å². The summed E-state index contributed by atoms with van der Waals surface area (Å²) in [5.74, 6) is 0.783. The fraction of sp³-hybridized carbons (Fsp3) is 0.900. The van der Waals surface area contributed by atoms with E-state index in [1.165, 1.54) is 25.7 Å². The van der Waals surface area contributed by atoms with E-state index in [1.807, 2.05) is 11.9 Å². The van der Waals surface area contributed by atoms with Gasteiger partial charge in [0.15, 0.2) is 0 Å². The van der Waals surface area contributed by atoms with Gasteiger partial charge in [-0.1, -0.05) is 12.8 Å². The molecule has 0 radical (unpaired) electrons. The zero-order valence-electron chi connectivity index (χ0n) is 7.75. The van der Waals surface area contributed by atoms with Crippen molar-refractivity contribution in [3.63, 3.8) is 0 Å². The highest BCUT2D eigenvalue weighted by Crippen LogP contribution is 2.31. The maximum atomic E-state index is 11.8. The Kier molecular flexibility index (Phi) is 2.07. The van der Waals surface area contributed by atoms with Gasteiger partial charge in [0.1, 0.15) is 0 Å². The highest BCUT2D eigenvalue weighted by molar-refractivity contribution is 5.79. The zero-order valence-corrected chi connectivity index (χ0v) is 7.75. The molecule has 2 aliphatic rings. The van der Waals surface area contributed by atoms with Gasteiger partial charge in [-0.05, 0) is 25.7 Å². The van der Waals surface area contributed by atoms with Crippen molar-refractivity contribution in [2.45, 2.75) is 44.6 Å². The van der Waals surface area contributed by atoms with Crippen LogP contribution in [0.25, 0.3) is 0 Å². The molecule has 0 unspecified atom stereocenters. The van der Waals surface area contributed by atoms with Crippen molar-refractivity contribution in [1.82, 2.24) is 4.90 Å². The molecule has 0 saturated heterocycles. The number of carbonyl (C=O) groups is 1. The van der Waals surface area contributed by atoms with Gasteiger partial charge in [0.05, 0.1) is 0 Å². The first-order valence-electron chi connectivity index (χ1n) is 5.05. The lowest BCUT2D eigenvalue weighted by Gasteiger charge is -2.20. The summed E-state index contributed by atoms with van der Waals surface area (Å²) in [5, 5.41) is 0. The Morgan fingerprint density at radius 1 is 1.17 bits per heavy atom. The summed E-state index contributed by atoms with van der Waals surface area (Å²) in [6.07, 6.45) is 7.25. The number of amides is 1. The van der Waals surface area contributed by atoms with Crippen LogP contribution in [0.1, 0.15) is 38.5 Å². The first kappa shape index (κ1) is 8.09. The van der Waals surface area contributed by atoms with Crippen molar-refractivity contribution >= 4 is 5.91 Å². The molecule has 0 aromatic heterocycles. The van der Waals surface area contributed by atoms with Crippen molar-refractivity contribution in [2.75, 3.05) is 7.05 Å². The van der Waals surface area contributed by atoms with Gasteiger partial charge < -0.3 is 4.90 Å². The second-order valence-electron chi connectivity index (χ2n) is 4.16. The summed E-state index contributed by atoms with van der Waals surface area (Å²) in [6, 6.07) is 0.595. The third kappa shape index (κ3) is 1.47. The van der Waals surface area contributed by atoms with Gasteiger partial charge in [-0.25, -0.2) is 0 Å². The van der Waals surface area contributed by atoms with Crippen molar-refractivity contribution in [1.29, 1.82) is 0 Å². The molecule has 2 rings (SSSR count). The van der Waals surface area contributed by atoms with Crippen LogP contribution in [-0.4, -0.2) is 23.9 Å². The van der Waals surface area contributed by atoms with Crippen LogP contribution in [-0.2, 0) is 4.79 Å². The first-order valence-corrected chi connectivity index (χ1v) is 5.05. The van der Waals surface area contributed by atoms with E-state index in [9.17, 15) is 4.79 Å². The van der Waals surface area contributed by atoms with E-state index >= 15 is 0 Å². The molecule has 0 aromatic rings. The number of rotatable bonds is 2. The van der Waals surface area contributed by atoms with Gasteiger partial charge in [-0.3, -0.25) is 4.79 Å². The molecule has 0 heterocycles. The standard InChI is InChI=1S/C10H17NO/c1-11(9-6-7-9)10(12)8-4-2-3-5-8/h8-9H,2-7H2,1H3. The highest BCUT2D eigenvalue weighted by Gasteiger charge is 2.33. The highest BCUT2D eigenvalue weighted by atomic mass is 16.2. The van der Waals surface area contributed by atoms with Gasteiger partial charge in [0, 0.05) is 19.0 Å². The molecular weight excluding hydrogens is 150 g/mol. The van der Waals surface area contributed by atoms with E-state index in [-0.39, 0.29) is 0 Å². The maximum absolute atomic E-state index is 11.8. The van der Waals surface area contributed by atoms with Gasteiger partial charge in [-0.2, -0.15) is 0 Å². The summed E-state index contributed by atoms with van der Waals surface area (Å²) in [7, 11) is 1.97. The Labute approximate surface area is 73.9 Å². The van der Waals surface area contributed by atoms with Crippen LogP contribution in [0.15, 0.2) is 0 Å². The largest absolute Gasteiger partial charge is 0.343 e. The average Bonchev–Trinajstić information content (AvgIpc) is 2.79. The molecule has 0 atom stereocenters. The molecule has 2 heteroatoms. The first-order chi connectivity index (χ1) is 5.79. The van der Waals surface area contributed by atoms with Crippen molar-refractivity contribution in [2.24, 2.45) is 5.92 Å². The van der Waals surface area contributed by atoms with Crippen molar-refractivity contribution in [3.8, 4) is 0 Å². The molecule has 12 heavy (non-hydrogen) atoms. The van der Waals surface area contributed by atoms with Gasteiger partial charge >= 0.3 is 0 Å². The second kappa shape index (κ2) is 3.08. The predicted molar refractivity (Wildman–Crippen MR) is 47.8 cm³/mol. The molecule has 1 amide bonds. The van der Waals surface area contributed by atoms with Crippen LogP contribution in [0.4, 0.5) is 0 Å². The SMILES string of the molecule is CN(C(=O)C1CCCC1)C1CC1. The smallest absolute Gasteiger partial charge is 0.225 e. The monoisotopic (exact) mass is 167 g/mol. The van der Waals surface area contributed by atoms with E-state index in [0.29, 0.717) is 17.9 Å². The van der Waals surface area contributed by atoms with Crippen LogP contribution in [0.2, 0.25) is 0 Å². The van der Waals surface area contributed by atoms with E-state index in [2.05, 4.69) is 0 Å². The molecule has 2 nitrogen and oxygen atoms in total. The Morgan fingerprint density at radius 3 is 2.25 bits per heavy atom. The summed E-state index contributed by atoms with van der Waals surface area (Å²) in [4.78, 5) is 13.7. The summed E-state index contributed by atoms with van der Waals surface area (Å²) < 4.78 is 0. The zero-order chi connectivity index (χ0) is 8.55. The van der Waals surface area contributed by atoms with Gasteiger partial charge in [-0.15, -0.1) is 0 Å². The fourth-order valence-corrected chi connectivity index (χ4v) is 2.10. The number of hydrogen-bond donors (Lipinski definition) is 0. The Balaban J connectivity index is 1.88. The predicted octanol–water partition coefficient (Wildman–Crippen LogP) is 1.80. The minimum atomic E-state index is 0.371. The molecule has 0 spiro atoms. The summed E-state index contributed by atoms with van der Waals surface area (Å²) in [6.45, 7) is 0. The quantitative estimate of drug-likeness (QED) is 0.614. The van der Waals surface area contributed by atoms with Gasteiger partial charge in [0.2, 0.25) is 5.91 Å². The molecule has 0 bridgehead atoms. The molecule has 2 aliphatic carbocycles. The van der Waals surface area contributed by atoms with Crippen LogP contribution >= 0.6 is 0 Å². The molecule has 68 valence electrons. The van der Waals surface area contributed by atoms with Crippen LogP contribution in [0.5, 0.6) is 0 Å². The molecule has 0 N–H and O–H groups in total. The second-order valence-corrected chi connectivity index (χ2v) is 4.16. The minimum absolute atomic E-state index is 0.371. The van der Waals surface area contributed by atoms with E-state index in [0.717, 1.165) is 12.8 Å². The Bertz CT molecular complexity index is 176. The topological polar surface area (TPSA) is 20.3 Å². The molecule has 2 saturated carbocycles. The average molecular weight is 167 g/mol. The van der Waals surface area contributed by atoms with Crippen LogP contribution in [0, 0.1) is 5.92 Å². The van der Waals surface area contributed by atoms with E-state index in [4.69, 9.17) is 0 Å². The minimum Gasteiger partial charge on any atom is -0.343 e. The lowest BCUT2D eigenvalue weighted by molar-refractivity contribution is -0.134. The molecule has 2 fully saturated rings. The van der Waals surface area contributed by atoms with Crippen LogP contribution in [0.3, 0.4) is 0 Å². The Hall–Kier alpha value is -0.530. The fourth-order valence-electron chi connectivity index (χ4n) is 2.10. The maximum Gasteiger partial charge on any atom is 0.225 e. The number of nitrogens with zero attached hydrogens (tertiary/aromatic N) is 1. The number of hydrogen-bond acceptors (Lipinski definition) is 1. The van der Waals surface area contributed by atoms with E-state index < -0.39 is 0 Å². The molecule has 0 aromatic carbocycles. The lowest BCUT2D eigenvalue weighted by Crippen LogP contribution is -2.33. The van der Waals surface area contributed by atoms with Gasteiger partial charge in [0.25, 0.3) is 0 Å². The van der Waals surface area contributed by atoms with Crippen molar-refractivity contribution < 1.29 is 4.79 Å².